The fourth-order valence-corrected chi connectivity index (χ4v) is 3.40. The topological polar surface area (TPSA) is 32.8 Å². The van der Waals surface area contributed by atoms with Crippen molar-refractivity contribution in [2.24, 2.45) is 0 Å². The molecule has 1 aliphatic rings. The van der Waals surface area contributed by atoms with Crippen molar-refractivity contribution in [3.63, 3.8) is 0 Å². The molecule has 1 fully saturated rings. The molecular formula is C20H20ClF3N2O2. The van der Waals surface area contributed by atoms with Crippen molar-refractivity contribution in [3.8, 4) is 5.75 Å². The van der Waals surface area contributed by atoms with Crippen LogP contribution in [0.5, 0.6) is 5.75 Å². The van der Waals surface area contributed by atoms with E-state index in [0.717, 1.165) is 6.07 Å². The molecule has 0 N–H and O–H groups in total. The second-order valence-electron chi connectivity index (χ2n) is 6.61. The Morgan fingerprint density at radius 1 is 1.11 bits per heavy atom. The smallest absolute Gasteiger partial charge is 0.416 e. The molecule has 1 amide bonds. The van der Waals surface area contributed by atoms with Gasteiger partial charge in [-0.1, -0.05) is 29.8 Å². The van der Waals surface area contributed by atoms with Crippen LogP contribution in [0.15, 0.2) is 42.5 Å². The van der Waals surface area contributed by atoms with Crippen LogP contribution in [0.4, 0.5) is 13.2 Å². The third-order valence-electron chi connectivity index (χ3n) is 4.71. The molecule has 0 saturated carbocycles. The number of piperazine rings is 1. The molecule has 0 atom stereocenters. The Bertz CT molecular complexity index is 850. The minimum absolute atomic E-state index is 0.168. The van der Waals surface area contributed by atoms with Crippen LogP contribution in [-0.2, 0) is 12.7 Å². The van der Waals surface area contributed by atoms with Crippen LogP contribution in [0.1, 0.15) is 21.5 Å². The highest BCUT2D eigenvalue weighted by molar-refractivity contribution is 6.31. The van der Waals surface area contributed by atoms with Crippen LogP contribution >= 0.6 is 11.6 Å². The monoisotopic (exact) mass is 412 g/mol. The predicted octanol–water partition coefficient (Wildman–Crippen LogP) is 4.33. The lowest BCUT2D eigenvalue weighted by molar-refractivity contribution is -0.137. The summed E-state index contributed by atoms with van der Waals surface area (Å²) in [5.41, 5.74) is 0.360. The summed E-state index contributed by atoms with van der Waals surface area (Å²) in [6.07, 6.45) is -4.35. The number of hydrogen-bond donors (Lipinski definition) is 0. The molecule has 0 radical (unpaired) electrons. The molecule has 0 spiro atoms. The largest absolute Gasteiger partial charge is 0.496 e. The van der Waals surface area contributed by atoms with Gasteiger partial charge < -0.3 is 9.64 Å². The molecular weight excluding hydrogens is 393 g/mol. The summed E-state index contributed by atoms with van der Waals surface area (Å²) >= 11 is 6.00. The van der Waals surface area contributed by atoms with Gasteiger partial charge in [0, 0.05) is 37.7 Å². The average molecular weight is 413 g/mol. The Labute approximate surface area is 166 Å². The molecule has 8 heteroatoms. The highest BCUT2D eigenvalue weighted by atomic mass is 35.5. The second-order valence-corrected chi connectivity index (χ2v) is 7.05. The van der Waals surface area contributed by atoms with Gasteiger partial charge in [-0.2, -0.15) is 13.2 Å². The Hall–Kier alpha value is -2.25. The number of hydrogen-bond acceptors (Lipinski definition) is 3. The highest BCUT2D eigenvalue weighted by Gasteiger charge is 2.30. The van der Waals surface area contributed by atoms with E-state index >= 15 is 0 Å². The zero-order chi connectivity index (χ0) is 20.3. The van der Waals surface area contributed by atoms with Crippen molar-refractivity contribution >= 4 is 17.5 Å². The first kappa shape index (κ1) is 20.5. The van der Waals surface area contributed by atoms with Crippen molar-refractivity contribution in [1.82, 2.24) is 9.80 Å². The van der Waals surface area contributed by atoms with Gasteiger partial charge in [0.1, 0.15) is 5.75 Å². The van der Waals surface area contributed by atoms with E-state index in [2.05, 4.69) is 0 Å². The maximum atomic E-state index is 12.9. The van der Waals surface area contributed by atoms with Crippen LogP contribution in [0.3, 0.4) is 0 Å². The number of nitrogens with zero attached hydrogens (tertiary/aromatic N) is 2. The summed E-state index contributed by atoms with van der Waals surface area (Å²) in [6.45, 7) is 2.52. The van der Waals surface area contributed by atoms with E-state index in [4.69, 9.17) is 16.3 Å². The van der Waals surface area contributed by atoms with E-state index < -0.39 is 11.7 Å². The fourth-order valence-electron chi connectivity index (χ4n) is 3.23. The molecule has 2 aromatic rings. The van der Waals surface area contributed by atoms with Crippen LogP contribution in [0, 0.1) is 0 Å². The highest BCUT2D eigenvalue weighted by Crippen LogP contribution is 2.30. The minimum Gasteiger partial charge on any atom is -0.496 e. The molecule has 4 nitrogen and oxygen atoms in total. The van der Waals surface area contributed by atoms with Crippen molar-refractivity contribution in [2.45, 2.75) is 12.7 Å². The van der Waals surface area contributed by atoms with Crippen LogP contribution in [-0.4, -0.2) is 49.0 Å². The summed E-state index contributed by atoms with van der Waals surface area (Å²) in [7, 11) is 1.49. The molecule has 0 unspecified atom stereocenters. The Morgan fingerprint density at radius 2 is 1.82 bits per heavy atom. The van der Waals surface area contributed by atoms with Gasteiger partial charge in [-0.25, -0.2) is 0 Å². The Kier molecular flexibility index (Phi) is 6.15. The molecule has 0 bridgehead atoms. The molecule has 150 valence electrons. The maximum Gasteiger partial charge on any atom is 0.416 e. The summed E-state index contributed by atoms with van der Waals surface area (Å²) in [6, 6.07) is 10.2. The summed E-state index contributed by atoms with van der Waals surface area (Å²) < 4.78 is 43.8. The number of ether oxygens (including phenoxy) is 1. The zero-order valence-electron chi connectivity index (χ0n) is 15.3. The second kappa shape index (κ2) is 8.41. The van der Waals surface area contributed by atoms with Gasteiger partial charge in [0.25, 0.3) is 5.91 Å². The average Bonchev–Trinajstić information content (AvgIpc) is 2.67. The van der Waals surface area contributed by atoms with Crippen molar-refractivity contribution in [1.29, 1.82) is 0 Å². The third kappa shape index (κ3) is 4.77. The normalized spacial score (nSPS) is 15.5. The van der Waals surface area contributed by atoms with Gasteiger partial charge in [-0.05, 0) is 29.8 Å². The van der Waals surface area contributed by atoms with Gasteiger partial charge in [-0.15, -0.1) is 0 Å². The number of methoxy groups -OCH3 is 1. The first-order valence-electron chi connectivity index (χ1n) is 8.79. The van der Waals surface area contributed by atoms with E-state index in [0.29, 0.717) is 54.6 Å². The Morgan fingerprint density at radius 3 is 2.46 bits per heavy atom. The summed E-state index contributed by atoms with van der Waals surface area (Å²) in [5.74, 6) is 0.291. The van der Waals surface area contributed by atoms with Gasteiger partial charge in [0.2, 0.25) is 0 Å². The molecule has 2 aromatic carbocycles. The summed E-state index contributed by atoms with van der Waals surface area (Å²) in [4.78, 5) is 16.5. The van der Waals surface area contributed by atoms with Crippen LogP contribution < -0.4 is 4.74 Å². The van der Waals surface area contributed by atoms with Crippen molar-refractivity contribution in [3.05, 3.63) is 64.2 Å². The van der Waals surface area contributed by atoms with E-state index in [9.17, 15) is 18.0 Å². The first-order chi connectivity index (χ1) is 13.3. The number of carbonyl (C=O) groups excluding carboxylic acids is 1. The molecule has 1 aliphatic heterocycles. The van der Waals surface area contributed by atoms with E-state index in [-0.39, 0.29) is 5.91 Å². The number of alkyl halides is 3. The number of halogens is 4. The minimum atomic E-state index is -4.35. The number of benzene rings is 2. The van der Waals surface area contributed by atoms with Gasteiger partial charge in [0.05, 0.1) is 18.2 Å². The number of amides is 1. The van der Waals surface area contributed by atoms with Crippen molar-refractivity contribution < 1.29 is 22.7 Å². The van der Waals surface area contributed by atoms with Gasteiger partial charge in [0.15, 0.2) is 0 Å². The van der Waals surface area contributed by atoms with E-state index in [1.807, 2.05) is 4.90 Å². The molecule has 1 heterocycles. The van der Waals surface area contributed by atoms with E-state index in [1.165, 1.54) is 19.2 Å². The SMILES string of the molecule is COc1ccc(Cl)cc1C(=O)N1CCN(Cc2cccc(C(F)(F)F)c2)CC1. The zero-order valence-corrected chi connectivity index (χ0v) is 16.1. The number of carbonyl (C=O) groups is 1. The molecule has 0 aromatic heterocycles. The van der Waals surface area contributed by atoms with Gasteiger partial charge in [-0.3, -0.25) is 9.69 Å². The van der Waals surface area contributed by atoms with Gasteiger partial charge >= 0.3 is 6.18 Å². The molecule has 0 aliphatic carbocycles. The standard InChI is InChI=1S/C20H20ClF3N2O2/c1-28-18-6-5-16(21)12-17(18)19(27)26-9-7-25(8-10-26)13-14-3-2-4-15(11-14)20(22,23)24/h2-6,11-12H,7-10,13H2,1H3. The van der Waals surface area contributed by atoms with Crippen LogP contribution in [0.2, 0.25) is 5.02 Å². The molecule has 28 heavy (non-hydrogen) atoms. The predicted molar refractivity (Wildman–Crippen MR) is 101 cm³/mol. The number of rotatable bonds is 4. The molecule has 3 rings (SSSR count). The lowest BCUT2D eigenvalue weighted by Gasteiger charge is -2.35. The fraction of sp³-hybridized carbons (Fsp3) is 0.350. The van der Waals surface area contributed by atoms with E-state index in [1.54, 1.807) is 29.2 Å². The third-order valence-corrected chi connectivity index (χ3v) is 4.95. The summed E-state index contributed by atoms with van der Waals surface area (Å²) in [5, 5.41) is 0.451. The van der Waals surface area contributed by atoms with Crippen LogP contribution in [0.25, 0.3) is 0 Å². The molecule has 1 saturated heterocycles. The lowest BCUT2D eigenvalue weighted by atomic mass is 10.1. The first-order valence-corrected chi connectivity index (χ1v) is 9.17. The maximum absolute atomic E-state index is 12.9. The Balaban J connectivity index is 1.62. The lowest BCUT2D eigenvalue weighted by Crippen LogP contribution is -2.48. The van der Waals surface area contributed by atoms with Crippen molar-refractivity contribution in [2.75, 3.05) is 33.3 Å². The quantitative estimate of drug-likeness (QED) is 0.749.